The molecule has 1 aliphatic rings. The van der Waals surface area contributed by atoms with Gasteiger partial charge in [0.2, 0.25) is 5.88 Å². The lowest BCUT2D eigenvalue weighted by atomic mass is 9.83. The standard InChI is InChI=1S/C24H15Cl2N3O6/c25-13-1-7-17(20(26)9-13)23-18-8-6-16(10-21(18)35-24(28)19(23)11-27)34-22(30)12-33-15-4-2-14(3-5-15)29(31)32/h1-10,23H,12,28H2. The molecule has 11 heteroatoms. The first-order chi connectivity index (χ1) is 16.8. The second-order valence-electron chi connectivity index (χ2n) is 7.30. The van der Waals surface area contributed by atoms with Crippen LogP contribution in [0.5, 0.6) is 17.2 Å². The number of nitriles is 1. The van der Waals surface area contributed by atoms with Crippen molar-refractivity contribution in [3.05, 3.63) is 103 Å². The summed E-state index contributed by atoms with van der Waals surface area (Å²) in [5, 5.41) is 21.2. The highest BCUT2D eigenvalue weighted by Gasteiger charge is 2.32. The molecule has 1 atom stereocenters. The lowest BCUT2D eigenvalue weighted by molar-refractivity contribution is -0.384. The molecule has 1 unspecified atom stereocenters. The summed E-state index contributed by atoms with van der Waals surface area (Å²) in [6.07, 6.45) is 0. The van der Waals surface area contributed by atoms with Crippen molar-refractivity contribution in [2.45, 2.75) is 5.92 Å². The van der Waals surface area contributed by atoms with Gasteiger partial charge in [-0.05, 0) is 35.9 Å². The maximum absolute atomic E-state index is 12.3. The molecule has 0 radical (unpaired) electrons. The number of carbonyl (C=O) groups excluding carboxylic acids is 1. The van der Waals surface area contributed by atoms with Gasteiger partial charge in [-0.3, -0.25) is 10.1 Å². The predicted octanol–water partition coefficient (Wildman–Crippen LogP) is 5.10. The van der Waals surface area contributed by atoms with Crippen molar-refractivity contribution < 1.29 is 23.9 Å². The van der Waals surface area contributed by atoms with Crippen molar-refractivity contribution in [3.63, 3.8) is 0 Å². The summed E-state index contributed by atoms with van der Waals surface area (Å²) in [6, 6.07) is 16.9. The average Bonchev–Trinajstić information content (AvgIpc) is 2.82. The zero-order valence-corrected chi connectivity index (χ0v) is 19.2. The first kappa shape index (κ1) is 23.9. The first-order valence-corrected chi connectivity index (χ1v) is 10.8. The molecule has 9 nitrogen and oxygen atoms in total. The van der Waals surface area contributed by atoms with Gasteiger partial charge in [0, 0.05) is 33.8 Å². The Kier molecular flexibility index (Phi) is 6.78. The number of rotatable bonds is 6. The molecule has 1 heterocycles. The maximum Gasteiger partial charge on any atom is 0.349 e. The van der Waals surface area contributed by atoms with Crippen LogP contribution in [0.15, 0.2) is 72.1 Å². The van der Waals surface area contributed by atoms with Gasteiger partial charge in [-0.15, -0.1) is 0 Å². The van der Waals surface area contributed by atoms with E-state index in [4.69, 9.17) is 43.1 Å². The number of ether oxygens (including phenoxy) is 3. The van der Waals surface area contributed by atoms with Crippen molar-refractivity contribution in [1.29, 1.82) is 5.26 Å². The van der Waals surface area contributed by atoms with Gasteiger partial charge in [-0.25, -0.2) is 4.79 Å². The van der Waals surface area contributed by atoms with Crippen LogP contribution in [0.2, 0.25) is 10.0 Å². The fraction of sp³-hybridized carbons (Fsp3) is 0.0833. The lowest BCUT2D eigenvalue weighted by Gasteiger charge is -2.27. The van der Waals surface area contributed by atoms with Crippen LogP contribution >= 0.6 is 23.2 Å². The highest BCUT2D eigenvalue weighted by Crippen LogP contribution is 2.45. The molecular weight excluding hydrogens is 497 g/mol. The Bertz CT molecular complexity index is 1400. The van der Waals surface area contributed by atoms with E-state index in [9.17, 15) is 20.2 Å². The van der Waals surface area contributed by atoms with Crippen molar-refractivity contribution in [2.24, 2.45) is 5.73 Å². The summed E-state index contributed by atoms with van der Waals surface area (Å²) < 4.78 is 16.2. The molecule has 0 bridgehead atoms. The lowest BCUT2D eigenvalue weighted by Crippen LogP contribution is -2.22. The van der Waals surface area contributed by atoms with E-state index >= 15 is 0 Å². The maximum atomic E-state index is 12.3. The average molecular weight is 512 g/mol. The minimum atomic E-state index is -0.711. The number of nitrogens with two attached hydrogens (primary N) is 1. The zero-order valence-electron chi connectivity index (χ0n) is 17.7. The van der Waals surface area contributed by atoms with Gasteiger partial charge in [0.25, 0.3) is 5.69 Å². The first-order valence-electron chi connectivity index (χ1n) is 10.0. The van der Waals surface area contributed by atoms with E-state index in [1.807, 2.05) is 0 Å². The molecule has 4 rings (SSSR count). The second kappa shape index (κ2) is 9.93. The van der Waals surface area contributed by atoms with Gasteiger partial charge in [0.05, 0.1) is 10.8 Å². The van der Waals surface area contributed by atoms with Crippen LogP contribution in [-0.2, 0) is 4.79 Å². The number of nitro groups is 1. The number of fused-ring (bicyclic) bond motifs is 1. The van der Waals surface area contributed by atoms with Crippen LogP contribution in [0, 0.1) is 21.4 Å². The summed E-state index contributed by atoms with van der Waals surface area (Å²) in [6.45, 7) is -0.431. The number of halogens is 2. The molecule has 0 amide bonds. The Balaban J connectivity index is 1.52. The van der Waals surface area contributed by atoms with Crippen LogP contribution in [0.1, 0.15) is 17.0 Å². The molecule has 176 valence electrons. The quantitative estimate of drug-likeness (QED) is 0.208. The van der Waals surface area contributed by atoms with Crippen molar-refractivity contribution >= 4 is 34.9 Å². The third-order valence-corrected chi connectivity index (χ3v) is 5.66. The van der Waals surface area contributed by atoms with Crippen LogP contribution in [-0.4, -0.2) is 17.5 Å². The van der Waals surface area contributed by atoms with Gasteiger partial charge in [0.1, 0.15) is 28.9 Å². The van der Waals surface area contributed by atoms with E-state index in [2.05, 4.69) is 6.07 Å². The van der Waals surface area contributed by atoms with Crippen LogP contribution in [0.3, 0.4) is 0 Å². The highest BCUT2D eigenvalue weighted by atomic mass is 35.5. The van der Waals surface area contributed by atoms with Crippen molar-refractivity contribution in [2.75, 3.05) is 6.61 Å². The Morgan fingerprint density at radius 1 is 1.09 bits per heavy atom. The van der Waals surface area contributed by atoms with Crippen molar-refractivity contribution in [1.82, 2.24) is 0 Å². The molecule has 35 heavy (non-hydrogen) atoms. The third kappa shape index (κ3) is 5.14. The number of nitrogens with zero attached hydrogens (tertiary/aromatic N) is 2. The molecule has 0 saturated heterocycles. The second-order valence-corrected chi connectivity index (χ2v) is 8.15. The predicted molar refractivity (Wildman–Crippen MR) is 126 cm³/mol. The van der Waals surface area contributed by atoms with Gasteiger partial charge < -0.3 is 19.9 Å². The molecular formula is C24H15Cl2N3O6. The zero-order chi connectivity index (χ0) is 25.1. The summed E-state index contributed by atoms with van der Waals surface area (Å²) >= 11 is 12.4. The number of non-ortho nitro benzene ring substituents is 1. The van der Waals surface area contributed by atoms with E-state index in [0.29, 0.717) is 26.9 Å². The Hall–Kier alpha value is -4.26. The summed E-state index contributed by atoms with van der Waals surface area (Å²) in [5.74, 6) is -0.692. The van der Waals surface area contributed by atoms with E-state index < -0.39 is 23.4 Å². The molecule has 0 spiro atoms. The highest BCUT2D eigenvalue weighted by molar-refractivity contribution is 6.35. The fourth-order valence-corrected chi connectivity index (χ4v) is 4.04. The molecule has 0 aromatic heterocycles. The number of benzene rings is 3. The van der Waals surface area contributed by atoms with Gasteiger partial charge in [-0.1, -0.05) is 35.3 Å². The van der Waals surface area contributed by atoms with Gasteiger partial charge in [0.15, 0.2) is 6.61 Å². The number of esters is 1. The normalized spacial score (nSPS) is 14.4. The topological polar surface area (TPSA) is 138 Å². The van der Waals surface area contributed by atoms with E-state index in [-0.39, 0.29) is 28.6 Å². The smallest absolute Gasteiger partial charge is 0.349 e. The van der Waals surface area contributed by atoms with Crippen LogP contribution < -0.4 is 19.9 Å². The minimum absolute atomic E-state index is 0.0963. The molecule has 3 aromatic carbocycles. The fourth-order valence-electron chi connectivity index (χ4n) is 3.52. The molecule has 1 aliphatic heterocycles. The van der Waals surface area contributed by atoms with Crippen molar-refractivity contribution in [3.8, 4) is 23.3 Å². The summed E-state index contributed by atoms with van der Waals surface area (Å²) in [5.41, 5.74) is 7.30. The van der Waals surface area contributed by atoms with E-state index in [1.54, 1.807) is 30.3 Å². The molecule has 2 N–H and O–H groups in total. The monoisotopic (exact) mass is 511 g/mol. The van der Waals surface area contributed by atoms with E-state index in [1.165, 1.54) is 30.3 Å². The third-order valence-electron chi connectivity index (χ3n) is 5.10. The summed E-state index contributed by atoms with van der Waals surface area (Å²) in [7, 11) is 0. The largest absolute Gasteiger partial charge is 0.482 e. The number of hydrogen-bond acceptors (Lipinski definition) is 8. The molecule has 0 aliphatic carbocycles. The molecule has 3 aromatic rings. The van der Waals surface area contributed by atoms with E-state index in [0.717, 1.165) is 0 Å². The SMILES string of the molecule is N#CC1=C(N)Oc2cc(OC(=O)COc3ccc([N+](=O)[O-])cc3)ccc2C1c1ccc(Cl)cc1Cl. The van der Waals surface area contributed by atoms with Crippen LogP contribution in [0.4, 0.5) is 5.69 Å². The number of carbonyl (C=O) groups is 1. The number of hydrogen-bond donors (Lipinski definition) is 1. The Labute approximate surface area is 209 Å². The minimum Gasteiger partial charge on any atom is -0.482 e. The Morgan fingerprint density at radius 3 is 2.43 bits per heavy atom. The number of allylic oxidation sites excluding steroid dienone is 1. The van der Waals surface area contributed by atoms with Gasteiger partial charge in [-0.2, -0.15) is 5.26 Å². The molecule has 0 saturated carbocycles. The number of nitro benzene ring substituents is 1. The molecule has 0 fully saturated rings. The Morgan fingerprint density at radius 2 is 1.77 bits per heavy atom. The van der Waals surface area contributed by atoms with Gasteiger partial charge >= 0.3 is 5.97 Å². The van der Waals surface area contributed by atoms with Crippen LogP contribution in [0.25, 0.3) is 0 Å². The summed E-state index contributed by atoms with van der Waals surface area (Å²) in [4.78, 5) is 22.4.